The minimum atomic E-state index is -0.439. The number of amides is 3. The fraction of sp³-hybridized carbons (Fsp3) is 0.371. The Morgan fingerprint density at radius 3 is 2.58 bits per heavy atom. The molecule has 3 aromatic carbocycles. The molecule has 0 fully saturated rings. The van der Waals surface area contributed by atoms with Crippen molar-refractivity contribution in [3.63, 3.8) is 0 Å². The van der Waals surface area contributed by atoms with E-state index in [0.717, 1.165) is 27.6 Å². The van der Waals surface area contributed by atoms with Gasteiger partial charge in [0, 0.05) is 55.6 Å². The largest absolute Gasteiger partial charge is 0.497 e. The SMILES string of the molecule is COc1ccc(NC(=O)N(C)C[C@@H]2OCc3ccccc3-c3c(n(C)c4ccccc34)C(=O)N([C@H](C)CO)C[C@H]2C)c(OC)c1. The third kappa shape index (κ3) is 6.34. The molecule has 45 heavy (non-hydrogen) atoms. The van der Waals surface area contributed by atoms with Crippen molar-refractivity contribution < 1.29 is 28.9 Å². The van der Waals surface area contributed by atoms with Crippen LogP contribution in [0, 0.1) is 5.92 Å². The summed E-state index contributed by atoms with van der Waals surface area (Å²) in [4.78, 5) is 31.2. The summed E-state index contributed by atoms with van der Waals surface area (Å²) in [6, 6.07) is 20.4. The highest BCUT2D eigenvalue weighted by atomic mass is 16.5. The molecule has 4 aromatic rings. The molecule has 0 saturated carbocycles. The zero-order valence-electron chi connectivity index (χ0n) is 26.7. The molecule has 2 N–H and O–H groups in total. The van der Waals surface area contributed by atoms with Crippen LogP contribution in [-0.4, -0.2) is 84.5 Å². The summed E-state index contributed by atoms with van der Waals surface area (Å²) in [6.07, 6.45) is -0.425. The van der Waals surface area contributed by atoms with Gasteiger partial charge in [-0.05, 0) is 36.2 Å². The van der Waals surface area contributed by atoms with Gasteiger partial charge in [-0.25, -0.2) is 4.79 Å². The zero-order valence-corrected chi connectivity index (χ0v) is 26.7. The number of nitrogens with zero attached hydrogens (tertiary/aromatic N) is 3. The number of nitrogens with one attached hydrogen (secondary N) is 1. The molecule has 0 unspecified atom stereocenters. The first-order valence-corrected chi connectivity index (χ1v) is 15.1. The predicted molar refractivity (Wildman–Crippen MR) is 175 cm³/mol. The van der Waals surface area contributed by atoms with Crippen LogP contribution in [0.2, 0.25) is 0 Å². The lowest BCUT2D eigenvalue weighted by molar-refractivity contribution is -0.0179. The number of rotatable bonds is 7. The predicted octanol–water partition coefficient (Wildman–Crippen LogP) is 5.38. The molecule has 3 atom stereocenters. The van der Waals surface area contributed by atoms with Gasteiger partial charge in [-0.15, -0.1) is 0 Å². The van der Waals surface area contributed by atoms with Crippen LogP contribution in [-0.2, 0) is 18.4 Å². The summed E-state index contributed by atoms with van der Waals surface area (Å²) < 4.78 is 19.3. The lowest BCUT2D eigenvalue weighted by atomic mass is 9.96. The highest BCUT2D eigenvalue weighted by Crippen LogP contribution is 2.38. The second kappa shape index (κ2) is 13.6. The Bertz CT molecular complexity index is 1680. The highest BCUT2D eigenvalue weighted by molar-refractivity contribution is 6.10. The Kier molecular flexibility index (Phi) is 9.65. The van der Waals surface area contributed by atoms with Crippen LogP contribution >= 0.6 is 0 Å². The van der Waals surface area contributed by atoms with Crippen molar-refractivity contribution in [3.8, 4) is 22.6 Å². The zero-order chi connectivity index (χ0) is 32.2. The molecule has 238 valence electrons. The molecule has 5 rings (SSSR count). The smallest absolute Gasteiger partial charge is 0.321 e. The summed E-state index contributed by atoms with van der Waals surface area (Å²) >= 11 is 0. The lowest BCUT2D eigenvalue weighted by Crippen LogP contribution is -2.48. The third-order valence-corrected chi connectivity index (χ3v) is 8.68. The van der Waals surface area contributed by atoms with Gasteiger partial charge in [-0.1, -0.05) is 49.4 Å². The van der Waals surface area contributed by atoms with Crippen molar-refractivity contribution in [3.05, 3.63) is 78.0 Å². The van der Waals surface area contributed by atoms with Crippen LogP contribution in [0.3, 0.4) is 0 Å². The van der Waals surface area contributed by atoms with E-state index in [2.05, 4.69) is 5.32 Å². The number of para-hydroxylation sites is 1. The van der Waals surface area contributed by atoms with Crippen molar-refractivity contribution in [2.24, 2.45) is 13.0 Å². The number of carbonyl (C=O) groups excluding carboxylic acids is 2. The number of likely N-dealkylation sites (N-methyl/N-ethyl adjacent to an activating group) is 1. The quantitative estimate of drug-likeness (QED) is 0.290. The fourth-order valence-corrected chi connectivity index (χ4v) is 5.99. The molecule has 0 radical (unpaired) electrons. The molecule has 3 amide bonds. The molecular weight excluding hydrogens is 572 g/mol. The van der Waals surface area contributed by atoms with Crippen LogP contribution in [0.5, 0.6) is 11.5 Å². The summed E-state index contributed by atoms with van der Waals surface area (Å²) in [5.74, 6) is 0.748. The minimum Gasteiger partial charge on any atom is -0.497 e. The number of aromatic nitrogens is 1. The number of ether oxygens (including phenoxy) is 3. The van der Waals surface area contributed by atoms with Crippen molar-refractivity contribution >= 4 is 28.5 Å². The maximum atomic E-state index is 14.5. The van der Waals surface area contributed by atoms with E-state index in [0.29, 0.717) is 36.0 Å². The van der Waals surface area contributed by atoms with Gasteiger partial charge in [0.15, 0.2) is 0 Å². The van der Waals surface area contributed by atoms with Gasteiger partial charge in [0.25, 0.3) is 5.91 Å². The van der Waals surface area contributed by atoms with Gasteiger partial charge >= 0.3 is 6.03 Å². The number of hydrogen-bond acceptors (Lipinski definition) is 6. The van der Waals surface area contributed by atoms with Crippen LogP contribution in [0.4, 0.5) is 10.5 Å². The van der Waals surface area contributed by atoms with E-state index < -0.39 is 12.1 Å². The Morgan fingerprint density at radius 2 is 1.84 bits per heavy atom. The first-order chi connectivity index (χ1) is 21.7. The maximum Gasteiger partial charge on any atom is 0.321 e. The van der Waals surface area contributed by atoms with Crippen molar-refractivity contribution in [2.45, 2.75) is 32.6 Å². The van der Waals surface area contributed by atoms with E-state index in [9.17, 15) is 14.7 Å². The van der Waals surface area contributed by atoms with Crippen molar-refractivity contribution in [1.29, 1.82) is 0 Å². The molecule has 0 saturated heterocycles. The highest BCUT2D eigenvalue weighted by Gasteiger charge is 2.34. The molecule has 10 nitrogen and oxygen atoms in total. The normalized spacial score (nSPS) is 17.6. The molecular formula is C35H42N4O6. The number of hydrogen-bond donors (Lipinski definition) is 2. The molecule has 0 spiro atoms. The monoisotopic (exact) mass is 614 g/mol. The van der Waals surface area contributed by atoms with Gasteiger partial charge in [-0.2, -0.15) is 0 Å². The summed E-state index contributed by atoms with van der Waals surface area (Å²) in [5.41, 5.74) is 4.74. The van der Waals surface area contributed by atoms with E-state index in [1.807, 2.05) is 74.0 Å². The second-order valence-corrected chi connectivity index (χ2v) is 11.6. The molecule has 2 heterocycles. The summed E-state index contributed by atoms with van der Waals surface area (Å²) in [7, 11) is 6.73. The van der Waals surface area contributed by atoms with Gasteiger partial charge in [0.2, 0.25) is 0 Å². The Morgan fingerprint density at radius 1 is 1.11 bits per heavy atom. The topological polar surface area (TPSA) is 106 Å². The molecule has 1 aliphatic rings. The first kappa shape index (κ1) is 31.9. The number of aryl methyl sites for hydroxylation is 1. The number of benzene rings is 3. The van der Waals surface area contributed by atoms with E-state index >= 15 is 0 Å². The average Bonchev–Trinajstić information content (AvgIpc) is 3.35. The minimum absolute atomic E-state index is 0.162. The number of aliphatic hydroxyl groups excluding tert-OH is 1. The van der Waals surface area contributed by atoms with Crippen LogP contribution in [0.15, 0.2) is 66.7 Å². The lowest BCUT2D eigenvalue weighted by Gasteiger charge is -2.35. The van der Waals surface area contributed by atoms with Crippen molar-refractivity contribution in [1.82, 2.24) is 14.4 Å². The standard InChI is InChI=1S/C35H42N4O6/c1-22-18-39(23(2)20-40)34(41)33-32(27-13-9-10-14-29(27)38(33)4)26-12-8-7-11-24(26)21-45-31(22)19-37(3)35(42)36-28-16-15-25(43-5)17-30(28)44-6/h7-17,22-23,31,40H,18-21H2,1-6H3,(H,36,42)/t22-,23-,31+/m1/s1. The number of carbonyl (C=O) groups is 2. The van der Waals surface area contributed by atoms with Gasteiger partial charge in [0.1, 0.15) is 17.2 Å². The molecule has 10 heteroatoms. The third-order valence-electron chi connectivity index (χ3n) is 8.68. The summed E-state index contributed by atoms with van der Waals surface area (Å²) in [5, 5.41) is 14.1. The maximum absolute atomic E-state index is 14.5. The Labute approximate surface area is 264 Å². The van der Waals surface area contributed by atoms with Crippen LogP contribution < -0.4 is 14.8 Å². The molecule has 1 aromatic heterocycles. The first-order valence-electron chi connectivity index (χ1n) is 15.1. The number of methoxy groups -OCH3 is 2. The number of fused-ring (bicyclic) bond motifs is 5. The van der Waals surface area contributed by atoms with E-state index in [4.69, 9.17) is 14.2 Å². The number of anilines is 1. The fourth-order valence-electron chi connectivity index (χ4n) is 5.99. The Hall–Kier alpha value is -4.54. The molecule has 0 bridgehead atoms. The van der Waals surface area contributed by atoms with Gasteiger partial charge < -0.3 is 39.0 Å². The number of aliphatic hydroxyl groups is 1. The summed E-state index contributed by atoms with van der Waals surface area (Å²) in [6.45, 7) is 4.55. The molecule has 1 aliphatic heterocycles. The second-order valence-electron chi connectivity index (χ2n) is 11.6. The van der Waals surface area contributed by atoms with E-state index in [1.165, 1.54) is 7.11 Å². The van der Waals surface area contributed by atoms with Crippen LogP contribution in [0.1, 0.15) is 29.9 Å². The van der Waals surface area contributed by atoms with Gasteiger partial charge in [-0.3, -0.25) is 4.79 Å². The van der Waals surface area contributed by atoms with Crippen LogP contribution in [0.25, 0.3) is 22.0 Å². The average molecular weight is 615 g/mol. The van der Waals surface area contributed by atoms with Gasteiger partial charge in [0.05, 0.1) is 45.3 Å². The van der Waals surface area contributed by atoms with E-state index in [1.54, 1.807) is 42.2 Å². The van der Waals surface area contributed by atoms with Crippen molar-refractivity contribution in [2.75, 3.05) is 46.3 Å². The number of urea groups is 1. The molecule has 0 aliphatic carbocycles. The van der Waals surface area contributed by atoms with E-state index in [-0.39, 0.29) is 31.0 Å². The Balaban J connectivity index is 1.50.